The topological polar surface area (TPSA) is 29.5 Å². The molecule has 1 aromatic carbocycles. The zero-order chi connectivity index (χ0) is 13.8. The summed E-state index contributed by atoms with van der Waals surface area (Å²) >= 11 is 3.71. The Hall–Kier alpha value is -1.03. The van der Waals surface area contributed by atoms with E-state index in [0.717, 1.165) is 12.8 Å². The van der Waals surface area contributed by atoms with Crippen molar-refractivity contribution in [2.75, 3.05) is 14.2 Å². The molecule has 4 heteroatoms. The van der Waals surface area contributed by atoms with Crippen LogP contribution < -0.4 is 4.74 Å². The molecule has 1 aliphatic carbocycles. The van der Waals surface area contributed by atoms with Gasteiger partial charge in [0.15, 0.2) is 0 Å². The number of nitrogens with zero attached hydrogens (tertiary/aromatic N) is 1. The lowest BCUT2D eigenvalue weighted by molar-refractivity contribution is 0.0701. The van der Waals surface area contributed by atoms with Crippen molar-refractivity contribution in [3.63, 3.8) is 0 Å². The number of ether oxygens (including phenoxy) is 1. The van der Waals surface area contributed by atoms with Crippen LogP contribution in [0.25, 0.3) is 0 Å². The SMILES string of the molecule is COc1ccccc1C(=O)N(C)C1CCCCC1Br. The first-order chi connectivity index (χ1) is 9.15. The summed E-state index contributed by atoms with van der Waals surface area (Å²) in [7, 11) is 3.49. The number of para-hydroxylation sites is 1. The smallest absolute Gasteiger partial charge is 0.257 e. The summed E-state index contributed by atoms with van der Waals surface area (Å²) < 4.78 is 5.27. The van der Waals surface area contributed by atoms with E-state index < -0.39 is 0 Å². The lowest BCUT2D eigenvalue weighted by atomic mass is 9.94. The Morgan fingerprint density at radius 3 is 2.68 bits per heavy atom. The first-order valence-corrected chi connectivity index (χ1v) is 7.61. The van der Waals surface area contributed by atoms with Gasteiger partial charge in [0.2, 0.25) is 0 Å². The average Bonchev–Trinajstić information content (AvgIpc) is 2.46. The largest absolute Gasteiger partial charge is 0.496 e. The van der Waals surface area contributed by atoms with Gasteiger partial charge in [0.25, 0.3) is 5.91 Å². The highest BCUT2D eigenvalue weighted by Crippen LogP contribution is 2.29. The van der Waals surface area contributed by atoms with E-state index in [1.54, 1.807) is 7.11 Å². The zero-order valence-corrected chi connectivity index (χ0v) is 13.0. The molecule has 3 nitrogen and oxygen atoms in total. The maximum absolute atomic E-state index is 12.6. The molecular weight excluding hydrogens is 306 g/mol. The van der Waals surface area contributed by atoms with Gasteiger partial charge in [-0.2, -0.15) is 0 Å². The van der Waals surface area contributed by atoms with E-state index >= 15 is 0 Å². The third-order valence-corrected chi connectivity index (χ3v) is 4.87. The molecule has 0 saturated heterocycles. The van der Waals surface area contributed by atoms with Gasteiger partial charge in [-0.1, -0.05) is 40.9 Å². The predicted octanol–water partition coefficient (Wildman–Crippen LogP) is 3.47. The molecule has 0 aliphatic heterocycles. The lowest BCUT2D eigenvalue weighted by Gasteiger charge is -2.35. The summed E-state index contributed by atoms with van der Waals surface area (Å²) in [6.45, 7) is 0. The van der Waals surface area contributed by atoms with Gasteiger partial charge in [0.1, 0.15) is 5.75 Å². The van der Waals surface area contributed by atoms with Crippen LogP contribution in [-0.2, 0) is 0 Å². The molecule has 1 amide bonds. The predicted molar refractivity (Wildman–Crippen MR) is 80.1 cm³/mol. The maximum Gasteiger partial charge on any atom is 0.257 e. The number of benzene rings is 1. The molecule has 2 atom stereocenters. The van der Waals surface area contributed by atoms with Crippen molar-refractivity contribution < 1.29 is 9.53 Å². The minimum Gasteiger partial charge on any atom is -0.496 e. The maximum atomic E-state index is 12.6. The van der Waals surface area contributed by atoms with Crippen LogP contribution in [0.5, 0.6) is 5.75 Å². The van der Waals surface area contributed by atoms with Gasteiger partial charge in [-0.3, -0.25) is 4.79 Å². The van der Waals surface area contributed by atoms with Crippen molar-refractivity contribution in [3.05, 3.63) is 29.8 Å². The number of rotatable bonds is 3. The van der Waals surface area contributed by atoms with Crippen molar-refractivity contribution >= 4 is 21.8 Å². The number of carbonyl (C=O) groups is 1. The highest BCUT2D eigenvalue weighted by atomic mass is 79.9. The average molecular weight is 326 g/mol. The summed E-state index contributed by atoms with van der Waals surface area (Å²) in [5.74, 6) is 0.676. The van der Waals surface area contributed by atoms with E-state index in [2.05, 4.69) is 15.9 Å². The fraction of sp³-hybridized carbons (Fsp3) is 0.533. The molecule has 1 aliphatic rings. The molecule has 0 aromatic heterocycles. The van der Waals surface area contributed by atoms with E-state index in [1.165, 1.54) is 12.8 Å². The molecular formula is C15H20BrNO2. The molecule has 0 N–H and O–H groups in total. The Balaban J connectivity index is 2.18. The second kappa shape index (κ2) is 6.42. The fourth-order valence-electron chi connectivity index (χ4n) is 2.66. The van der Waals surface area contributed by atoms with Gasteiger partial charge < -0.3 is 9.64 Å². The van der Waals surface area contributed by atoms with Crippen LogP contribution in [0.15, 0.2) is 24.3 Å². The lowest BCUT2D eigenvalue weighted by Crippen LogP contribution is -2.44. The van der Waals surface area contributed by atoms with Crippen LogP contribution >= 0.6 is 15.9 Å². The highest BCUT2D eigenvalue weighted by Gasteiger charge is 2.30. The second-order valence-electron chi connectivity index (χ2n) is 4.98. The molecule has 0 radical (unpaired) electrons. The molecule has 2 unspecified atom stereocenters. The molecule has 0 bridgehead atoms. The molecule has 1 fully saturated rings. The summed E-state index contributed by atoms with van der Waals surface area (Å²) in [5.41, 5.74) is 0.637. The Morgan fingerprint density at radius 1 is 1.32 bits per heavy atom. The number of methoxy groups -OCH3 is 1. The first-order valence-electron chi connectivity index (χ1n) is 6.69. The monoisotopic (exact) mass is 325 g/mol. The van der Waals surface area contributed by atoms with Crippen molar-refractivity contribution in [1.82, 2.24) is 4.90 Å². The van der Waals surface area contributed by atoms with Crippen LogP contribution in [0.2, 0.25) is 0 Å². The van der Waals surface area contributed by atoms with Gasteiger partial charge >= 0.3 is 0 Å². The van der Waals surface area contributed by atoms with Crippen LogP contribution in [0.3, 0.4) is 0 Å². The standard InChI is InChI=1S/C15H20BrNO2/c1-17(13-9-5-4-8-12(13)16)15(18)11-7-3-6-10-14(11)19-2/h3,6-7,10,12-13H,4-5,8-9H2,1-2H3. The van der Waals surface area contributed by atoms with Crippen LogP contribution in [0.1, 0.15) is 36.0 Å². The molecule has 1 saturated carbocycles. The Labute approximate surface area is 123 Å². The number of halogens is 1. The van der Waals surface area contributed by atoms with Crippen LogP contribution in [-0.4, -0.2) is 35.8 Å². The number of alkyl halides is 1. The summed E-state index contributed by atoms with van der Waals surface area (Å²) in [6.07, 6.45) is 4.63. The van der Waals surface area contributed by atoms with Crippen molar-refractivity contribution in [2.24, 2.45) is 0 Å². The van der Waals surface area contributed by atoms with Gasteiger partial charge in [-0.05, 0) is 25.0 Å². The number of amides is 1. The first kappa shape index (κ1) is 14.4. The van der Waals surface area contributed by atoms with Gasteiger partial charge in [0, 0.05) is 17.9 Å². The van der Waals surface area contributed by atoms with E-state index in [-0.39, 0.29) is 11.9 Å². The van der Waals surface area contributed by atoms with E-state index in [1.807, 2.05) is 36.2 Å². The third-order valence-electron chi connectivity index (χ3n) is 3.80. The number of carbonyl (C=O) groups excluding carboxylic acids is 1. The van der Waals surface area contributed by atoms with Crippen molar-refractivity contribution in [2.45, 2.75) is 36.6 Å². The molecule has 0 spiro atoms. The minimum atomic E-state index is 0.0359. The molecule has 0 heterocycles. The second-order valence-corrected chi connectivity index (χ2v) is 6.16. The molecule has 104 valence electrons. The summed E-state index contributed by atoms with van der Waals surface area (Å²) in [6, 6.07) is 7.67. The Bertz CT molecular complexity index is 450. The van der Waals surface area contributed by atoms with Gasteiger partial charge in [-0.15, -0.1) is 0 Å². The minimum absolute atomic E-state index is 0.0359. The summed E-state index contributed by atoms with van der Waals surface area (Å²) in [5, 5.41) is 0. The zero-order valence-electron chi connectivity index (χ0n) is 11.4. The van der Waals surface area contributed by atoms with Crippen LogP contribution in [0, 0.1) is 0 Å². The molecule has 19 heavy (non-hydrogen) atoms. The molecule has 1 aromatic rings. The van der Waals surface area contributed by atoms with Crippen molar-refractivity contribution in [1.29, 1.82) is 0 Å². The quantitative estimate of drug-likeness (QED) is 0.796. The van der Waals surface area contributed by atoms with Gasteiger partial charge in [-0.25, -0.2) is 0 Å². The van der Waals surface area contributed by atoms with Gasteiger partial charge in [0.05, 0.1) is 12.7 Å². The van der Waals surface area contributed by atoms with Crippen molar-refractivity contribution in [3.8, 4) is 5.75 Å². The summed E-state index contributed by atoms with van der Waals surface area (Å²) in [4.78, 5) is 14.8. The number of hydrogen-bond donors (Lipinski definition) is 0. The van der Waals surface area contributed by atoms with E-state index in [0.29, 0.717) is 16.1 Å². The number of hydrogen-bond acceptors (Lipinski definition) is 2. The van der Waals surface area contributed by atoms with E-state index in [9.17, 15) is 4.79 Å². The Morgan fingerprint density at radius 2 is 2.00 bits per heavy atom. The fourth-order valence-corrected chi connectivity index (χ4v) is 3.61. The third kappa shape index (κ3) is 3.11. The molecule has 2 rings (SSSR count). The highest BCUT2D eigenvalue weighted by molar-refractivity contribution is 9.09. The normalized spacial score (nSPS) is 22.9. The van der Waals surface area contributed by atoms with Crippen LogP contribution in [0.4, 0.5) is 0 Å². The van der Waals surface area contributed by atoms with E-state index in [4.69, 9.17) is 4.74 Å². The Kier molecular flexibility index (Phi) is 4.86.